The Morgan fingerprint density at radius 2 is 2.07 bits per heavy atom. The molecule has 1 saturated heterocycles. The van der Waals surface area contributed by atoms with Gasteiger partial charge in [0.1, 0.15) is 29.7 Å². The molecule has 0 bridgehead atoms. The molecule has 0 saturated carbocycles. The van der Waals surface area contributed by atoms with E-state index in [0.29, 0.717) is 46.8 Å². The Morgan fingerprint density at radius 1 is 1.20 bits per heavy atom. The molecular weight excluding hydrogens is 542 g/mol. The number of benzene rings is 2. The fourth-order valence-electron chi connectivity index (χ4n) is 5.27. The van der Waals surface area contributed by atoms with E-state index in [2.05, 4.69) is 37.0 Å². The lowest BCUT2D eigenvalue weighted by Crippen LogP contribution is -2.47. The zero-order chi connectivity index (χ0) is 28.3. The normalized spacial score (nSPS) is 13.8. The van der Waals surface area contributed by atoms with Crippen molar-refractivity contribution in [2.75, 3.05) is 13.1 Å². The number of likely N-dealkylation sites (tertiary alicyclic amines) is 1. The molecule has 208 valence electrons. The second-order valence-corrected chi connectivity index (χ2v) is 10.6. The first-order valence-electron chi connectivity index (χ1n) is 13.4. The van der Waals surface area contributed by atoms with Crippen LogP contribution in [-0.4, -0.2) is 48.4 Å². The number of carbonyl (C=O) groups is 1. The van der Waals surface area contributed by atoms with Crippen LogP contribution in [0.5, 0.6) is 5.75 Å². The van der Waals surface area contributed by atoms with Crippen molar-refractivity contribution in [3.8, 4) is 11.8 Å². The minimum absolute atomic E-state index is 0.131. The van der Waals surface area contributed by atoms with Crippen LogP contribution >= 0.6 is 11.6 Å². The van der Waals surface area contributed by atoms with Gasteiger partial charge in [0, 0.05) is 42.8 Å². The van der Waals surface area contributed by atoms with Crippen molar-refractivity contribution in [3.63, 3.8) is 0 Å². The molecule has 0 atom stereocenters. The molecule has 2 aromatic carbocycles. The number of hydrogen-bond donors (Lipinski definition) is 0. The van der Waals surface area contributed by atoms with E-state index in [0.717, 1.165) is 60.7 Å². The maximum Gasteiger partial charge on any atom is 0.232 e. The van der Waals surface area contributed by atoms with E-state index >= 15 is 0 Å². The number of rotatable bonds is 11. The number of imidazole rings is 2. The molecule has 3 aromatic heterocycles. The molecule has 0 N–H and O–H groups in total. The summed E-state index contributed by atoms with van der Waals surface area (Å²) in [5.41, 5.74) is 3.92. The van der Waals surface area contributed by atoms with Crippen molar-refractivity contribution in [2.24, 2.45) is 5.92 Å². The maximum atomic E-state index is 11.5. The molecule has 10 nitrogen and oxygen atoms in total. The van der Waals surface area contributed by atoms with Crippen LogP contribution in [0.15, 0.2) is 59.5 Å². The summed E-state index contributed by atoms with van der Waals surface area (Å²) in [5.74, 6) is 3.12. The van der Waals surface area contributed by atoms with Gasteiger partial charge < -0.3 is 18.3 Å². The molecule has 11 heteroatoms. The van der Waals surface area contributed by atoms with E-state index in [9.17, 15) is 10.1 Å². The minimum Gasteiger partial charge on any atom is -0.482 e. The summed E-state index contributed by atoms with van der Waals surface area (Å²) in [7, 11) is 0. The zero-order valence-electron chi connectivity index (χ0n) is 22.5. The third kappa shape index (κ3) is 5.73. The summed E-state index contributed by atoms with van der Waals surface area (Å²) in [4.78, 5) is 27.4. The Labute approximate surface area is 241 Å². The Hall–Kier alpha value is -4.46. The van der Waals surface area contributed by atoms with E-state index in [-0.39, 0.29) is 6.61 Å². The first-order valence-corrected chi connectivity index (χ1v) is 13.8. The van der Waals surface area contributed by atoms with Gasteiger partial charge in [0.2, 0.25) is 5.89 Å². The fourth-order valence-corrected chi connectivity index (χ4v) is 5.44. The molecular formula is C30H28ClN7O3. The number of aromatic nitrogens is 5. The molecule has 0 radical (unpaired) electrons. The van der Waals surface area contributed by atoms with Crippen LogP contribution in [0.2, 0.25) is 5.02 Å². The summed E-state index contributed by atoms with van der Waals surface area (Å²) in [6, 6.07) is 12.6. The monoisotopic (exact) mass is 569 g/mol. The number of hydrogen-bond acceptors (Lipinski definition) is 8. The summed E-state index contributed by atoms with van der Waals surface area (Å²) >= 11 is 5.96. The number of aryl methyl sites for hydroxylation is 1. The molecule has 0 aliphatic carbocycles. The van der Waals surface area contributed by atoms with Crippen LogP contribution in [0.4, 0.5) is 0 Å². The number of carbonyl (C=O) groups excluding carboxylic acids is 1. The molecule has 5 aromatic rings. The molecule has 1 fully saturated rings. The van der Waals surface area contributed by atoms with Crippen LogP contribution in [0.1, 0.15) is 46.0 Å². The van der Waals surface area contributed by atoms with E-state index < -0.39 is 0 Å². The van der Waals surface area contributed by atoms with Crippen LogP contribution in [-0.2, 0) is 32.7 Å². The maximum absolute atomic E-state index is 11.5. The molecule has 0 amide bonds. The van der Waals surface area contributed by atoms with Crippen LogP contribution < -0.4 is 4.74 Å². The highest BCUT2D eigenvalue weighted by molar-refractivity contribution is 6.30. The van der Waals surface area contributed by atoms with E-state index in [4.69, 9.17) is 25.7 Å². The lowest BCUT2D eigenvalue weighted by molar-refractivity contribution is 0.0845. The van der Waals surface area contributed by atoms with Gasteiger partial charge in [-0.2, -0.15) is 5.26 Å². The number of aldehydes is 1. The third-order valence-electron chi connectivity index (χ3n) is 7.35. The van der Waals surface area contributed by atoms with Gasteiger partial charge in [-0.25, -0.2) is 15.0 Å². The van der Waals surface area contributed by atoms with Crippen molar-refractivity contribution in [1.82, 2.24) is 29.0 Å². The van der Waals surface area contributed by atoms with Crippen molar-refractivity contribution in [2.45, 2.75) is 39.6 Å². The Morgan fingerprint density at radius 3 is 2.88 bits per heavy atom. The van der Waals surface area contributed by atoms with Gasteiger partial charge in [-0.05, 0) is 49.2 Å². The van der Waals surface area contributed by atoms with Crippen molar-refractivity contribution >= 4 is 28.9 Å². The average molecular weight is 570 g/mol. The molecule has 1 aliphatic rings. The molecule has 4 heterocycles. The number of oxazole rings is 1. The molecule has 41 heavy (non-hydrogen) atoms. The van der Waals surface area contributed by atoms with Crippen molar-refractivity contribution in [1.29, 1.82) is 5.26 Å². The van der Waals surface area contributed by atoms with Crippen molar-refractivity contribution < 1.29 is 13.9 Å². The zero-order valence-corrected chi connectivity index (χ0v) is 23.3. The summed E-state index contributed by atoms with van der Waals surface area (Å²) < 4.78 is 16.0. The number of nitriles is 1. The van der Waals surface area contributed by atoms with E-state index in [1.54, 1.807) is 30.5 Å². The van der Waals surface area contributed by atoms with Crippen LogP contribution in [0.25, 0.3) is 11.0 Å². The van der Waals surface area contributed by atoms with Gasteiger partial charge in [0.25, 0.3) is 0 Å². The third-order valence-corrected chi connectivity index (χ3v) is 7.58. The fraction of sp³-hybridized carbons (Fsp3) is 0.300. The number of nitrogens with zero attached hydrogens (tertiary/aromatic N) is 7. The van der Waals surface area contributed by atoms with E-state index in [1.807, 2.05) is 24.7 Å². The smallest absolute Gasteiger partial charge is 0.232 e. The highest BCUT2D eigenvalue weighted by atomic mass is 35.5. The lowest BCUT2D eigenvalue weighted by atomic mass is 9.95. The average Bonchev–Trinajstić information content (AvgIpc) is 3.70. The van der Waals surface area contributed by atoms with Crippen LogP contribution in [0.3, 0.4) is 0 Å². The highest BCUT2D eigenvalue weighted by Crippen LogP contribution is 2.27. The molecule has 1 aliphatic heterocycles. The predicted molar refractivity (Wildman–Crippen MR) is 152 cm³/mol. The minimum atomic E-state index is 0.131. The molecule has 0 spiro atoms. The molecule has 0 unspecified atom stereocenters. The van der Waals surface area contributed by atoms with Gasteiger partial charge >= 0.3 is 0 Å². The number of ether oxygens (including phenoxy) is 1. The number of halogens is 1. The first-order chi connectivity index (χ1) is 20.0. The summed E-state index contributed by atoms with van der Waals surface area (Å²) in [5, 5.41) is 9.77. The second kappa shape index (κ2) is 11.6. The van der Waals surface area contributed by atoms with E-state index in [1.165, 1.54) is 0 Å². The Balaban J connectivity index is 1.08. The second-order valence-electron chi connectivity index (χ2n) is 10.2. The van der Waals surface area contributed by atoms with Gasteiger partial charge in [-0.15, -0.1) is 0 Å². The largest absolute Gasteiger partial charge is 0.482 e. The number of fused-ring (bicyclic) bond motifs is 1. The van der Waals surface area contributed by atoms with Gasteiger partial charge in [0.15, 0.2) is 6.61 Å². The lowest BCUT2D eigenvalue weighted by Gasteiger charge is -2.38. The molecule has 6 rings (SSSR count). The predicted octanol–water partition coefficient (Wildman–Crippen LogP) is 4.88. The van der Waals surface area contributed by atoms with Crippen LogP contribution in [0, 0.1) is 17.2 Å². The highest BCUT2D eigenvalue weighted by Gasteiger charge is 2.29. The summed E-state index contributed by atoms with van der Waals surface area (Å²) in [6.07, 6.45) is 7.12. The SMILES string of the molecule is CCn1cncc1Cn1c(CN2CC(Cc3cnc(COc4ccc(Cl)cc4C#N)o3)C2)nc2ccc(C=O)cc21. The topological polar surface area (TPSA) is 115 Å². The standard InChI is InChI=1S/C30H28ClN7O3/c1-2-37-19-33-11-24(37)15-38-27-8-20(17-39)3-5-26(27)35-29(38)16-36-13-21(14-36)7-25-12-34-30(41-25)18-40-28-6-4-23(31)9-22(28)10-32/h3-6,8-9,11-12,17,19,21H,2,7,13-16,18H2,1H3. The van der Waals surface area contributed by atoms with Gasteiger partial charge in [-0.3, -0.25) is 9.69 Å². The Kier molecular flexibility index (Phi) is 7.55. The Bertz CT molecular complexity index is 1740. The van der Waals surface area contributed by atoms with Gasteiger partial charge in [-0.1, -0.05) is 11.6 Å². The first kappa shape index (κ1) is 26.7. The summed E-state index contributed by atoms with van der Waals surface area (Å²) in [6.45, 7) is 6.23. The quantitative estimate of drug-likeness (QED) is 0.207. The van der Waals surface area contributed by atoms with Gasteiger partial charge in [0.05, 0.1) is 47.9 Å². The van der Waals surface area contributed by atoms with Crippen molar-refractivity contribution in [3.05, 3.63) is 94.4 Å².